The van der Waals surface area contributed by atoms with Crippen LogP contribution in [-0.4, -0.2) is 38.1 Å². The number of rotatable bonds is 6. The van der Waals surface area contributed by atoms with Crippen molar-refractivity contribution in [3.8, 4) is 5.75 Å². The molecule has 4 nitrogen and oxygen atoms in total. The van der Waals surface area contributed by atoms with Crippen LogP contribution in [0.4, 0.5) is 0 Å². The molecule has 0 spiro atoms. The first kappa shape index (κ1) is 15.3. The third kappa shape index (κ3) is 4.20. The summed E-state index contributed by atoms with van der Waals surface area (Å²) >= 11 is 0. The average molecular weight is 280 g/mol. The van der Waals surface area contributed by atoms with Gasteiger partial charge < -0.3 is 19.3 Å². The van der Waals surface area contributed by atoms with E-state index in [1.165, 1.54) is 0 Å². The fourth-order valence-corrected chi connectivity index (χ4v) is 2.62. The van der Waals surface area contributed by atoms with Crippen LogP contribution in [0.5, 0.6) is 5.75 Å². The van der Waals surface area contributed by atoms with E-state index in [4.69, 9.17) is 14.2 Å². The number of aliphatic hydroxyl groups excluding tert-OH is 1. The molecule has 3 unspecified atom stereocenters. The number of hydrogen-bond acceptors (Lipinski definition) is 4. The van der Waals surface area contributed by atoms with Crippen molar-refractivity contribution in [3.63, 3.8) is 0 Å². The first-order valence-electron chi connectivity index (χ1n) is 7.19. The lowest BCUT2D eigenvalue weighted by atomic mass is 9.95. The maximum atomic E-state index is 10.1. The molecular weight excluding hydrogens is 256 g/mol. The Kier molecular flexibility index (Phi) is 5.83. The highest BCUT2D eigenvalue weighted by atomic mass is 16.5. The van der Waals surface area contributed by atoms with E-state index >= 15 is 0 Å². The van der Waals surface area contributed by atoms with Crippen molar-refractivity contribution in [2.75, 3.05) is 20.8 Å². The van der Waals surface area contributed by atoms with Crippen LogP contribution in [0.2, 0.25) is 0 Å². The molecule has 0 radical (unpaired) electrons. The maximum absolute atomic E-state index is 10.1. The molecule has 0 heterocycles. The van der Waals surface area contributed by atoms with Gasteiger partial charge in [-0.3, -0.25) is 0 Å². The molecule has 0 saturated heterocycles. The minimum absolute atomic E-state index is 0.196. The highest BCUT2D eigenvalue weighted by molar-refractivity contribution is 5.28. The molecule has 112 valence electrons. The Balaban J connectivity index is 1.80. The van der Waals surface area contributed by atoms with Crippen molar-refractivity contribution in [1.82, 2.24) is 0 Å². The summed E-state index contributed by atoms with van der Waals surface area (Å²) < 4.78 is 16.3. The lowest BCUT2D eigenvalue weighted by molar-refractivity contribution is -0.0570. The van der Waals surface area contributed by atoms with Gasteiger partial charge in [-0.2, -0.15) is 0 Å². The van der Waals surface area contributed by atoms with Gasteiger partial charge in [0.25, 0.3) is 0 Å². The average Bonchev–Trinajstić information content (AvgIpc) is 2.53. The summed E-state index contributed by atoms with van der Waals surface area (Å²) in [6, 6.07) is 7.43. The second-order valence-corrected chi connectivity index (χ2v) is 5.27. The molecule has 0 bridgehead atoms. The highest BCUT2D eigenvalue weighted by Gasteiger charge is 2.23. The first-order valence-corrected chi connectivity index (χ1v) is 7.19. The van der Waals surface area contributed by atoms with Crippen LogP contribution in [-0.2, 0) is 9.47 Å². The summed E-state index contributed by atoms with van der Waals surface area (Å²) in [5, 5.41) is 10.1. The standard InChI is InChI=1S/C16H24O4/c1-18-13-8-6-12(7-9-13)16(17)11-20-15-5-3-4-14(10-15)19-2/h6-9,14-17H,3-5,10-11H2,1-2H3. The molecule has 0 aromatic heterocycles. The third-order valence-corrected chi connectivity index (χ3v) is 3.90. The number of benzene rings is 1. The van der Waals surface area contributed by atoms with Crippen molar-refractivity contribution in [3.05, 3.63) is 29.8 Å². The smallest absolute Gasteiger partial charge is 0.118 e. The van der Waals surface area contributed by atoms with Gasteiger partial charge in [0.1, 0.15) is 11.9 Å². The highest BCUT2D eigenvalue weighted by Crippen LogP contribution is 2.25. The van der Waals surface area contributed by atoms with Crippen LogP contribution in [0.25, 0.3) is 0 Å². The van der Waals surface area contributed by atoms with E-state index in [1.807, 2.05) is 24.3 Å². The normalized spacial score (nSPS) is 24.4. The van der Waals surface area contributed by atoms with Gasteiger partial charge in [-0.25, -0.2) is 0 Å². The fraction of sp³-hybridized carbons (Fsp3) is 0.625. The summed E-state index contributed by atoms with van der Waals surface area (Å²) in [6.45, 7) is 0.327. The van der Waals surface area contributed by atoms with Crippen LogP contribution in [0.15, 0.2) is 24.3 Å². The Bertz CT molecular complexity index is 390. The molecule has 1 fully saturated rings. The Morgan fingerprint density at radius 1 is 1.15 bits per heavy atom. The summed E-state index contributed by atoms with van der Waals surface area (Å²) in [5.41, 5.74) is 0.852. The van der Waals surface area contributed by atoms with Crippen molar-refractivity contribution in [2.45, 2.75) is 44.0 Å². The maximum Gasteiger partial charge on any atom is 0.118 e. The number of hydrogen-bond donors (Lipinski definition) is 1. The van der Waals surface area contributed by atoms with E-state index in [-0.39, 0.29) is 6.10 Å². The molecule has 1 aromatic rings. The van der Waals surface area contributed by atoms with E-state index in [9.17, 15) is 5.11 Å². The predicted molar refractivity (Wildman–Crippen MR) is 77.0 cm³/mol. The molecule has 0 amide bonds. The molecule has 3 atom stereocenters. The van der Waals surface area contributed by atoms with Crippen molar-refractivity contribution in [1.29, 1.82) is 0 Å². The van der Waals surface area contributed by atoms with Gasteiger partial charge in [0.15, 0.2) is 0 Å². The van der Waals surface area contributed by atoms with Crippen molar-refractivity contribution < 1.29 is 19.3 Å². The molecule has 2 rings (SSSR count). The number of ether oxygens (including phenoxy) is 3. The van der Waals surface area contributed by atoms with Gasteiger partial charge in [0.05, 0.1) is 25.9 Å². The van der Waals surface area contributed by atoms with E-state index in [0.717, 1.165) is 37.0 Å². The van der Waals surface area contributed by atoms with Gasteiger partial charge in [-0.15, -0.1) is 0 Å². The van der Waals surface area contributed by atoms with Gasteiger partial charge in [0, 0.05) is 7.11 Å². The Hall–Kier alpha value is -1.10. The molecule has 1 aliphatic rings. The van der Waals surface area contributed by atoms with Gasteiger partial charge in [-0.05, 0) is 43.4 Å². The summed E-state index contributed by atoms with van der Waals surface area (Å²) in [4.78, 5) is 0. The van der Waals surface area contributed by atoms with Gasteiger partial charge >= 0.3 is 0 Å². The van der Waals surface area contributed by atoms with Crippen LogP contribution in [0.3, 0.4) is 0 Å². The largest absolute Gasteiger partial charge is 0.497 e. The Labute approximate surface area is 120 Å². The first-order chi connectivity index (χ1) is 9.72. The zero-order valence-corrected chi connectivity index (χ0v) is 12.2. The van der Waals surface area contributed by atoms with Crippen molar-refractivity contribution in [2.24, 2.45) is 0 Å². The minimum atomic E-state index is -0.594. The molecule has 0 aliphatic heterocycles. The lowest BCUT2D eigenvalue weighted by Crippen LogP contribution is -2.28. The molecule has 20 heavy (non-hydrogen) atoms. The quantitative estimate of drug-likeness (QED) is 0.870. The molecule has 1 N–H and O–H groups in total. The summed E-state index contributed by atoms with van der Waals surface area (Å²) in [6.07, 6.45) is 4.11. The SMILES string of the molecule is COc1ccc(C(O)COC2CCCC(OC)C2)cc1. The predicted octanol–water partition coefficient (Wildman–Crippen LogP) is 2.70. The van der Waals surface area contributed by atoms with Crippen LogP contribution >= 0.6 is 0 Å². The zero-order valence-electron chi connectivity index (χ0n) is 12.2. The molecular formula is C16H24O4. The van der Waals surface area contributed by atoms with Crippen molar-refractivity contribution >= 4 is 0 Å². The summed E-state index contributed by atoms with van der Waals surface area (Å²) in [5.74, 6) is 0.789. The second-order valence-electron chi connectivity index (χ2n) is 5.27. The molecule has 4 heteroatoms. The Morgan fingerprint density at radius 2 is 1.85 bits per heavy atom. The topological polar surface area (TPSA) is 47.9 Å². The van der Waals surface area contributed by atoms with E-state index in [1.54, 1.807) is 14.2 Å². The molecule has 1 saturated carbocycles. The van der Waals surface area contributed by atoms with Gasteiger partial charge in [-0.1, -0.05) is 12.1 Å². The third-order valence-electron chi connectivity index (χ3n) is 3.90. The Morgan fingerprint density at radius 3 is 2.50 bits per heavy atom. The van der Waals surface area contributed by atoms with Crippen LogP contribution in [0, 0.1) is 0 Å². The van der Waals surface area contributed by atoms with Gasteiger partial charge in [0.2, 0.25) is 0 Å². The second kappa shape index (κ2) is 7.62. The number of methoxy groups -OCH3 is 2. The van der Waals surface area contributed by atoms with Crippen LogP contribution in [0.1, 0.15) is 37.4 Å². The molecule has 1 aromatic carbocycles. The van der Waals surface area contributed by atoms with E-state index in [0.29, 0.717) is 12.7 Å². The van der Waals surface area contributed by atoms with Crippen LogP contribution < -0.4 is 4.74 Å². The fourth-order valence-electron chi connectivity index (χ4n) is 2.62. The monoisotopic (exact) mass is 280 g/mol. The lowest BCUT2D eigenvalue weighted by Gasteiger charge is -2.28. The summed E-state index contributed by atoms with van der Waals surface area (Å²) in [7, 11) is 3.38. The molecule has 1 aliphatic carbocycles. The van der Waals surface area contributed by atoms with E-state index in [2.05, 4.69) is 0 Å². The number of aliphatic hydroxyl groups is 1. The van der Waals surface area contributed by atoms with E-state index < -0.39 is 6.10 Å². The zero-order chi connectivity index (χ0) is 14.4. The minimum Gasteiger partial charge on any atom is -0.497 e.